The van der Waals surface area contributed by atoms with Crippen molar-refractivity contribution in [2.75, 3.05) is 44.2 Å². The molecule has 1 fully saturated rings. The Bertz CT molecular complexity index is 665. The molecule has 0 spiro atoms. The molecule has 23 heavy (non-hydrogen) atoms. The first-order chi connectivity index (χ1) is 11.0. The number of hydrogen-bond donors (Lipinski definition) is 1. The van der Waals surface area contributed by atoms with Gasteiger partial charge in [0.05, 0.1) is 31.3 Å². The highest BCUT2D eigenvalue weighted by Crippen LogP contribution is 2.24. The first kappa shape index (κ1) is 15.9. The van der Waals surface area contributed by atoms with Gasteiger partial charge in [-0.15, -0.1) is 0 Å². The van der Waals surface area contributed by atoms with Gasteiger partial charge in [-0.05, 0) is 0 Å². The molecule has 0 radical (unpaired) electrons. The minimum Gasteiger partial charge on any atom is -0.394 e. The lowest BCUT2D eigenvalue weighted by molar-refractivity contribution is -0.146. The molecule has 0 saturated carbocycles. The van der Waals surface area contributed by atoms with E-state index in [1.807, 2.05) is 4.90 Å². The molecule has 0 amide bonds. The Morgan fingerprint density at radius 1 is 1.13 bits per heavy atom. The Labute approximate surface area is 130 Å². The molecule has 0 bridgehead atoms. The number of rotatable bonds is 4. The monoisotopic (exact) mass is 330 g/mol. The van der Waals surface area contributed by atoms with Crippen LogP contribution in [0.25, 0.3) is 11.0 Å². The summed E-state index contributed by atoms with van der Waals surface area (Å²) in [5.74, 6) is 0.672. The number of halogens is 3. The van der Waals surface area contributed by atoms with Gasteiger partial charge in [0.2, 0.25) is 0 Å². The quantitative estimate of drug-likeness (QED) is 0.881. The van der Waals surface area contributed by atoms with Crippen molar-refractivity contribution in [2.24, 2.45) is 0 Å². The number of piperazine rings is 1. The SMILES string of the molecule is OCCn1ncc2c(N3CCN(CC(F)(F)F)CC3)ncnc21. The number of alkyl halides is 3. The Kier molecular flexibility index (Phi) is 4.35. The summed E-state index contributed by atoms with van der Waals surface area (Å²) in [6, 6.07) is 0. The van der Waals surface area contributed by atoms with Gasteiger partial charge in [0.15, 0.2) is 5.65 Å². The second kappa shape index (κ2) is 6.28. The molecule has 2 aromatic rings. The third-order valence-electron chi connectivity index (χ3n) is 3.80. The number of fused-ring (bicyclic) bond motifs is 1. The number of nitrogens with zero attached hydrogens (tertiary/aromatic N) is 6. The van der Waals surface area contributed by atoms with Crippen LogP contribution in [0.5, 0.6) is 0 Å². The third kappa shape index (κ3) is 3.53. The maximum atomic E-state index is 12.4. The maximum Gasteiger partial charge on any atom is 0.401 e. The fourth-order valence-electron chi connectivity index (χ4n) is 2.76. The lowest BCUT2D eigenvalue weighted by atomic mass is 10.2. The molecular weight excluding hydrogens is 313 g/mol. The standard InChI is InChI=1S/C13H17F3N6O/c14-13(15,16)8-20-1-3-21(4-2-20)11-10-7-19-22(5-6-23)12(10)18-9-17-11/h7,9,23H,1-6,8H2. The number of aliphatic hydroxyl groups is 1. The number of hydrogen-bond acceptors (Lipinski definition) is 6. The highest BCUT2D eigenvalue weighted by atomic mass is 19.4. The zero-order chi connectivity index (χ0) is 16.4. The average Bonchev–Trinajstić information content (AvgIpc) is 2.90. The molecule has 1 N–H and O–H groups in total. The summed E-state index contributed by atoms with van der Waals surface area (Å²) in [5, 5.41) is 13.9. The average molecular weight is 330 g/mol. The van der Waals surface area contributed by atoms with E-state index in [1.165, 1.54) is 11.2 Å². The van der Waals surface area contributed by atoms with E-state index < -0.39 is 12.7 Å². The fraction of sp³-hybridized carbons (Fsp3) is 0.615. The molecule has 10 heteroatoms. The van der Waals surface area contributed by atoms with Gasteiger partial charge in [0.25, 0.3) is 0 Å². The number of aliphatic hydroxyl groups excluding tert-OH is 1. The van der Waals surface area contributed by atoms with Gasteiger partial charge in [0, 0.05) is 26.2 Å². The van der Waals surface area contributed by atoms with Gasteiger partial charge in [-0.2, -0.15) is 18.3 Å². The van der Waals surface area contributed by atoms with Crippen LogP contribution >= 0.6 is 0 Å². The Balaban J connectivity index is 1.75. The molecule has 3 rings (SSSR count). The molecule has 1 aliphatic rings. The van der Waals surface area contributed by atoms with E-state index >= 15 is 0 Å². The summed E-state index contributed by atoms with van der Waals surface area (Å²) >= 11 is 0. The molecule has 126 valence electrons. The lowest BCUT2D eigenvalue weighted by Gasteiger charge is -2.35. The van der Waals surface area contributed by atoms with Crippen LogP contribution in [0.15, 0.2) is 12.5 Å². The van der Waals surface area contributed by atoms with Gasteiger partial charge in [-0.3, -0.25) is 4.90 Å². The molecule has 7 nitrogen and oxygen atoms in total. The zero-order valence-corrected chi connectivity index (χ0v) is 12.4. The van der Waals surface area contributed by atoms with Crippen LogP contribution < -0.4 is 4.90 Å². The van der Waals surface area contributed by atoms with Crippen LogP contribution in [0.3, 0.4) is 0 Å². The van der Waals surface area contributed by atoms with Crippen molar-refractivity contribution in [1.82, 2.24) is 24.6 Å². The predicted octanol–water partition coefficient (Wildman–Crippen LogP) is 0.503. The predicted molar refractivity (Wildman–Crippen MR) is 77.1 cm³/mol. The summed E-state index contributed by atoms with van der Waals surface area (Å²) < 4.78 is 38.9. The lowest BCUT2D eigenvalue weighted by Crippen LogP contribution is -2.49. The van der Waals surface area contributed by atoms with Gasteiger partial charge in [-0.1, -0.05) is 0 Å². The van der Waals surface area contributed by atoms with Crippen LogP contribution in [-0.2, 0) is 6.54 Å². The first-order valence-electron chi connectivity index (χ1n) is 7.29. The van der Waals surface area contributed by atoms with Crippen molar-refractivity contribution >= 4 is 16.9 Å². The normalized spacial score (nSPS) is 17.1. The molecule has 2 aromatic heterocycles. The van der Waals surface area contributed by atoms with Crippen LogP contribution in [0, 0.1) is 0 Å². The van der Waals surface area contributed by atoms with Crippen LogP contribution in [0.1, 0.15) is 0 Å². The van der Waals surface area contributed by atoms with Crippen LogP contribution in [0.2, 0.25) is 0 Å². The minimum absolute atomic E-state index is 0.0494. The van der Waals surface area contributed by atoms with E-state index in [9.17, 15) is 13.2 Å². The second-order valence-electron chi connectivity index (χ2n) is 5.40. The third-order valence-corrected chi connectivity index (χ3v) is 3.80. The van der Waals surface area contributed by atoms with Gasteiger partial charge < -0.3 is 10.0 Å². The maximum absolute atomic E-state index is 12.4. The second-order valence-corrected chi connectivity index (χ2v) is 5.40. The van der Waals surface area contributed by atoms with E-state index in [0.717, 1.165) is 5.39 Å². The first-order valence-corrected chi connectivity index (χ1v) is 7.29. The Morgan fingerprint density at radius 2 is 1.87 bits per heavy atom. The topological polar surface area (TPSA) is 70.3 Å². The molecule has 1 saturated heterocycles. The van der Waals surface area contributed by atoms with Crippen LogP contribution in [0.4, 0.5) is 19.0 Å². The van der Waals surface area contributed by atoms with Crippen molar-refractivity contribution in [3.05, 3.63) is 12.5 Å². The number of aromatic nitrogens is 4. The minimum atomic E-state index is -4.17. The van der Waals surface area contributed by atoms with Gasteiger partial charge in [0.1, 0.15) is 12.1 Å². The Morgan fingerprint density at radius 3 is 2.52 bits per heavy atom. The fourth-order valence-corrected chi connectivity index (χ4v) is 2.76. The summed E-state index contributed by atoms with van der Waals surface area (Å²) in [4.78, 5) is 11.8. The molecule has 1 aliphatic heterocycles. The van der Waals surface area contributed by atoms with E-state index in [0.29, 0.717) is 44.2 Å². The van der Waals surface area contributed by atoms with E-state index in [2.05, 4.69) is 15.1 Å². The highest BCUT2D eigenvalue weighted by molar-refractivity contribution is 5.86. The smallest absolute Gasteiger partial charge is 0.394 e. The molecule has 3 heterocycles. The summed E-state index contributed by atoms with van der Waals surface area (Å²) in [6.07, 6.45) is -1.13. The highest BCUT2D eigenvalue weighted by Gasteiger charge is 2.32. The van der Waals surface area contributed by atoms with Crippen molar-refractivity contribution in [3.63, 3.8) is 0 Å². The van der Waals surface area contributed by atoms with Crippen molar-refractivity contribution in [3.8, 4) is 0 Å². The molecule has 0 aromatic carbocycles. The van der Waals surface area contributed by atoms with E-state index in [4.69, 9.17) is 5.11 Å². The summed E-state index contributed by atoms with van der Waals surface area (Å²) in [5.41, 5.74) is 0.613. The van der Waals surface area contributed by atoms with E-state index in [-0.39, 0.29) is 6.61 Å². The summed E-state index contributed by atoms with van der Waals surface area (Å²) in [6.45, 7) is 0.992. The molecule has 0 aliphatic carbocycles. The van der Waals surface area contributed by atoms with Crippen LogP contribution in [-0.4, -0.2) is 75.3 Å². The summed E-state index contributed by atoms with van der Waals surface area (Å²) in [7, 11) is 0. The zero-order valence-electron chi connectivity index (χ0n) is 12.4. The van der Waals surface area contributed by atoms with E-state index in [1.54, 1.807) is 10.9 Å². The largest absolute Gasteiger partial charge is 0.401 e. The molecular formula is C13H17F3N6O. The van der Waals surface area contributed by atoms with Crippen molar-refractivity contribution in [2.45, 2.75) is 12.7 Å². The Hall–Kier alpha value is -1.94. The number of anilines is 1. The van der Waals surface area contributed by atoms with Crippen molar-refractivity contribution in [1.29, 1.82) is 0 Å². The molecule has 0 atom stereocenters. The van der Waals surface area contributed by atoms with Gasteiger partial charge in [-0.25, -0.2) is 14.6 Å². The van der Waals surface area contributed by atoms with Gasteiger partial charge >= 0.3 is 6.18 Å². The van der Waals surface area contributed by atoms with Crippen molar-refractivity contribution < 1.29 is 18.3 Å². The molecule has 0 unspecified atom stereocenters.